The Bertz CT molecular complexity index is 36.5. The van der Waals surface area contributed by atoms with Crippen molar-refractivity contribution in [3.63, 3.8) is 0 Å². The molecule has 0 aromatic carbocycles. The van der Waals surface area contributed by atoms with E-state index in [2.05, 4.69) is 2.84 Å². The minimum atomic E-state index is -1.24. The van der Waals surface area contributed by atoms with E-state index in [-0.39, 0.29) is 27.4 Å². The van der Waals surface area contributed by atoms with Crippen LogP contribution in [0.1, 0.15) is 0 Å². The van der Waals surface area contributed by atoms with Crippen LogP contribution in [0.25, 0.3) is 0 Å². The Hall–Kier alpha value is 0.265. The quantitative estimate of drug-likeness (QED) is 0.394. The summed E-state index contributed by atoms with van der Waals surface area (Å²) in [5.41, 5.74) is 0. The first-order valence-corrected chi connectivity index (χ1v) is 2.83. The van der Waals surface area contributed by atoms with Gasteiger partial charge in [-0.1, -0.05) is 0 Å². The third-order valence-electron chi connectivity index (χ3n) is 0.111. The summed E-state index contributed by atoms with van der Waals surface area (Å²) in [6, 6.07) is 0. The molecule has 0 unspecified atom stereocenters. The van der Waals surface area contributed by atoms with Crippen LogP contribution in [0.2, 0.25) is 0 Å². The molecule has 0 aromatic rings. The van der Waals surface area contributed by atoms with Crippen molar-refractivity contribution >= 4 is 31.0 Å². The Morgan fingerprint density at radius 1 is 0.700 bits per heavy atom. The number of hydrogen-bond donors (Lipinski definition) is 0. The second-order valence-corrected chi connectivity index (χ2v) is 1.80. The molecule has 0 aliphatic carbocycles. The van der Waals surface area contributed by atoms with Crippen LogP contribution in [-0.4, -0.2) is 58.4 Å². The van der Waals surface area contributed by atoms with Gasteiger partial charge in [0.25, 0.3) is 0 Å². The Kier molecular flexibility index (Phi) is 288. The van der Waals surface area contributed by atoms with Crippen LogP contribution in [0.5, 0.6) is 0 Å². The van der Waals surface area contributed by atoms with Gasteiger partial charge in [0.2, 0.25) is 0 Å². The molecule has 0 aliphatic heterocycles. The zero-order valence-electron chi connectivity index (χ0n) is 4.88. The molecule has 0 saturated heterocycles. The van der Waals surface area contributed by atoms with Crippen LogP contribution in [0.3, 0.4) is 0 Å². The first-order valence-electron chi connectivity index (χ1n) is 0.943. The van der Waals surface area contributed by atoms with E-state index in [0.29, 0.717) is 0 Å². The van der Waals surface area contributed by atoms with Gasteiger partial charge in [-0.15, -0.1) is 0 Å². The Labute approximate surface area is 69.2 Å². The molecule has 0 heterocycles. The molecule has 10 N–H and O–H groups in total. The molecule has 0 saturated carbocycles. The summed E-state index contributed by atoms with van der Waals surface area (Å²) in [7, 11) is 0. The van der Waals surface area contributed by atoms with Crippen LogP contribution in [-0.2, 0) is 10.4 Å². The van der Waals surface area contributed by atoms with Crippen LogP contribution in [0.4, 0.5) is 0 Å². The summed E-state index contributed by atoms with van der Waals surface area (Å²) < 4.78 is 22.3. The van der Waals surface area contributed by atoms with Gasteiger partial charge in [0.1, 0.15) is 0 Å². The molecule has 64 valence electrons. The average Bonchev–Trinajstić information content (AvgIpc) is 1.41. The van der Waals surface area contributed by atoms with Crippen molar-refractivity contribution in [2.24, 2.45) is 0 Å². The Balaban J connectivity index is -0.00000000800. The average molecular weight is 192 g/mol. The number of rotatable bonds is 2. The van der Waals surface area contributed by atoms with Gasteiger partial charge in [-0.25, -0.2) is 0 Å². The van der Waals surface area contributed by atoms with Crippen LogP contribution in [0, 0.1) is 0 Å². The van der Waals surface area contributed by atoms with Crippen LogP contribution in [0.15, 0.2) is 0 Å². The monoisotopic (exact) mass is 192 g/mol. The Morgan fingerprint density at radius 2 is 0.900 bits per heavy atom. The molecule has 10 heteroatoms. The van der Waals surface area contributed by atoms with Gasteiger partial charge in [0, 0.05) is 0 Å². The van der Waals surface area contributed by atoms with E-state index < -0.39 is 31.0 Å². The van der Waals surface area contributed by atoms with Crippen molar-refractivity contribution in [2.45, 2.75) is 0 Å². The summed E-state index contributed by atoms with van der Waals surface area (Å²) in [6.07, 6.45) is 0. The standard InChI is InChI=1S/2Al.5H2O.3O/h;;5*1H2;;;. The second kappa shape index (κ2) is 59.4. The van der Waals surface area contributed by atoms with Crippen molar-refractivity contribution in [3.05, 3.63) is 0 Å². The third kappa shape index (κ3) is 85.0. The first kappa shape index (κ1) is 48.4. The van der Waals surface area contributed by atoms with E-state index >= 15 is 0 Å². The maximum absolute atomic E-state index is 9.21. The molecule has 0 amide bonds. The van der Waals surface area contributed by atoms with Gasteiger partial charge in [0.05, 0.1) is 0 Å². The molecule has 0 atom stereocenters. The molecule has 10 heavy (non-hydrogen) atoms. The van der Waals surface area contributed by atoms with Crippen LogP contribution < -0.4 is 0 Å². The SMILES string of the molecule is O.O.O.O.O.[O]=[Al][O][Al]=[O]. The van der Waals surface area contributed by atoms with E-state index in [1.54, 1.807) is 0 Å². The molecule has 8 nitrogen and oxygen atoms in total. The fourth-order valence-electron chi connectivity index (χ4n) is 0.0227. The molecule has 0 aromatic heterocycles. The Morgan fingerprint density at radius 3 is 0.900 bits per heavy atom. The third-order valence-corrected chi connectivity index (χ3v) is 1.00. The molecule has 0 fully saturated rings. The predicted octanol–water partition coefficient (Wildman–Crippen LogP) is -5.19. The summed E-state index contributed by atoms with van der Waals surface area (Å²) >= 11 is -2.48. The molecule has 0 bridgehead atoms. The van der Waals surface area contributed by atoms with E-state index in [1.165, 1.54) is 0 Å². The van der Waals surface area contributed by atoms with Crippen molar-refractivity contribution in [1.29, 1.82) is 0 Å². The molecular weight excluding hydrogens is 182 g/mol. The van der Waals surface area contributed by atoms with Crippen molar-refractivity contribution in [3.8, 4) is 0 Å². The zero-order valence-corrected chi connectivity index (χ0v) is 7.19. The second-order valence-electron chi connectivity index (χ2n) is 0.329. The topological polar surface area (TPSA) is 201 Å². The van der Waals surface area contributed by atoms with Crippen molar-refractivity contribution < 1.29 is 37.8 Å². The van der Waals surface area contributed by atoms with Crippen LogP contribution >= 0.6 is 0 Å². The van der Waals surface area contributed by atoms with Crippen molar-refractivity contribution in [2.75, 3.05) is 0 Å². The zero-order chi connectivity index (χ0) is 4.12. The van der Waals surface area contributed by atoms with E-state index in [4.69, 9.17) is 0 Å². The normalized spacial score (nSPS) is 2.00. The summed E-state index contributed by atoms with van der Waals surface area (Å²) in [4.78, 5) is 0. The fourth-order valence-corrected chi connectivity index (χ4v) is 0.204. The molecule has 0 radical (unpaired) electrons. The summed E-state index contributed by atoms with van der Waals surface area (Å²) in [5.74, 6) is 0. The molecule has 0 rings (SSSR count). The van der Waals surface area contributed by atoms with Gasteiger partial charge in [-0.2, -0.15) is 0 Å². The predicted molar refractivity (Wildman–Crippen MR) is 32.0 cm³/mol. The maximum atomic E-state index is 9.21. The van der Waals surface area contributed by atoms with E-state index in [9.17, 15) is 7.61 Å². The number of hydrogen-bond acceptors (Lipinski definition) is 3. The van der Waals surface area contributed by atoms with E-state index in [1.807, 2.05) is 0 Å². The van der Waals surface area contributed by atoms with Gasteiger partial charge >= 0.3 is 41.4 Å². The molecular formula is H10Al2O8. The summed E-state index contributed by atoms with van der Waals surface area (Å²) in [5, 5.41) is 0. The van der Waals surface area contributed by atoms with Gasteiger partial charge in [-0.05, 0) is 0 Å². The van der Waals surface area contributed by atoms with Gasteiger partial charge in [0.15, 0.2) is 0 Å². The summed E-state index contributed by atoms with van der Waals surface area (Å²) in [6.45, 7) is 0. The van der Waals surface area contributed by atoms with E-state index in [0.717, 1.165) is 0 Å². The molecule has 0 spiro atoms. The molecule has 0 aliphatic rings. The van der Waals surface area contributed by atoms with Gasteiger partial charge < -0.3 is 27.4 Å². The van der Waals surface area contributed by atoms with Crippen molar-refractivity contribution in [1.82, 2.24) is 0 Å². The fraction of sp³-hybridized carbons (Fsp3) is 0. The minimum absolute atomic E-state index is 0. The first-order chi connectivity index (χ1) is 2.41. The van der Waals surface area contributed by atoms with Gasteiger partial charge in [-0.3, -0.25) is 0 Å².